The normalized spacial score (nSPS) is 11.5. The summed E-state index contributed by atoms with van der Waals surface area (Å²) in [5.41, 5.74) is 5.01. The van der Waals surface area contributed by atoms with E-state index >= 15 is 0 Å². The van der Waals surface area contributed by atoms with Gasteiger partial charge in [-0.05, 0) is 30.7 Å². The largest absolute Gasteiger partial charge is 0.449 e. The lowest BCUT2D eigenvalue weighted by Gasteiger charge is -2.13. The van der Waals surface area contributed by atoms with E-state index in [2.05, 4.69) is 0 Å². The van der Waals surface area contributed by atoms with Crippen molar-refractivity contribution in [2.24, 2.45) is 0 Å². The number of halogens is 5. The molecule has 0 aromatic heterocycles. The molecule has 2 aromatic rings. The minimum absolute atomic E-state index is 0.0347. The molecule has 0 aliphatic carbocycles. The number of hydrogen-bond acceptors (Lipinski definition) is 2. The van der Waals surface area contributed by atoms with Crippen LogP contribution >= 0.6 is 0 Å². The van der Waals surface area contributed by atoms with Gasteiger partial charge in [0.2, 0.25) is 0 Å². The molecule has 0 aliphatic rings. The number of ether oxygens (including phenoxy) is 1. The van der Waals surface area contributed by atoms with E-state index in [9.17, 15) is 22.0 Å². The SMILES string of the molecule is Cc1cccc(Oc2c(F)cc(C(F)(F)F)cc2F)c1N. The van der Waals surface area contributed by atoms with E-state index in [4.69, 9.17) is 10.5 Å². The number of alkyl halides is 3. The first-order valence-electron chi connectivity index (χ1n) is 5.79. The number of aryl methyl sites for hydroxylation is 1. The smallest absolute Gasteiger partial charge is 0.416 e. The minimum atomic E-state index is -4.84. The molecule has 2 nitrogen and oxygen atoms in total. The Labute approximate surface area is 116 Å². The number of nitrogen functional groups attached to an aromatic ring is 1. The summed E-state index contributed by atoms with van der Waals surface area (Å²) in [6, 6.07) is 4.90. The number of nitrogens with two attached hydrogens (primary N) is 1. The molecule has 0 saturated heterocycles. The zero-order valence-electron chi connectivity index (χ0n) is 10.8. The summed E-state index contributed by atoms with van der Waals surface area (Å²) in [6.45, 7) is 1.65. The minimum Gasteiger partial charge on any atom is -0.449 e. The fraction of sp³-hybridized carbons (Fsp3) is 0.143. The predicted molar refractivity (Wildman–Crippen MR) is 67.0 cm³/mol. The molecule has 0 fully saturated rings. The Bertz CT molecular complexity index is 659. The fourth-order valence-corrected chi connectivity index (χ4v) is 1.67. The van der Waals surface area contributed by atoms with Crippen LogP contribution in [0.3, 0.4) is 0 Å². The Morgan fingerprint density at radius 1 is 1.05 bits per heavy atom. The number of anilines is 1. The summed E-state index contributed by atoms with van der Waals surface area (Å²) in [4.78, 5) is 0. The van der Waals surface area contributed by atoms with E-state index in [0.29, 0.717) is 5.56 Å². The number of hydrogen-bond donors (Lipinski definition) is 1. The summed E-state index contributed by atoms with van der Waals surface area (Å²) in [6.07, 6.45) is -4.84. The van der Waals surface area contributed by atoms with Gasteiger partial charge in [-0.2, -0.15) is 13.2 Å². The van der Waals surface area contributed by atoms with Crippen molar-refractivity contribution in [3.05, 3.63) is 53.1 Å². The van der Waals surface area contributed by atoms with Crippen molar-refractivity contribution in [1.82, 2.24) is 0 Å². The first kappa shape index (κ1) is 15.1. The van der Waals surface area contributed by atoms with Crippen LogP contribution in [0.4, 0.5) is 27.6 Å². The van der Waals surface area contributed by atoms with Crippen molar-refractivity contribution in [3.8, 4) is 11.5 Å². The lowest BCUT2D eigenvalue weighted by atomic mass is 10.1. The molecule has 7 heteroatoms. The summed E-state index contributed by atoms with van der Waals surface area (Å²) in [7, 11) is 0. The topological polar surface area (TPSA) is 35.2 Å². The van der Waals surface area contributed by atoms with Crippen molar-refractivity contribution in [2.75, 3.05) is 5.73 Å². The van der Waals surface area contributed by atoms with Crippen LogP contribution < -0.4 is 10.5 Å². The van der Waals surface area contributed by atoms with Gasteiger partial charge in [-0.15, -0.1) is 0 Å². The molecule has 0 amide bonds. The Balaban J connectivity index is 2.44. The molecular weight excluding hydrogens is 293 g/mol. The van der Waals surface area contributed by atoms with Gasteiger partial charge in [-0.1, -0.05) is 12.1 Å². The van der Waals surface area contributed by atoms with Crippen LogP contribution in [0.1, 0.15) is 11.1 Å². The van der Waals surface area contributed by atoms with Gasteiger partial charge in [0.1, 0.15) is 0 Å². The van der Waals surface area contributed by atoms with E-state index in [-0.39, 0.29) is 23.6 Å². The average molecular weight is 303 g/mol. The molecule has 0 heterocycles. The summed E-state index contributed by atoms with van der Waals surface area (Å²) in [5.74, 6) is -3.88. The second-order valence-corrected chi connectivity index (χ2v) is 4.36. The molecule has 2 aromatic carbocycles. The standard InChI is InChI=1S/C14H10F5NO/c1-7-3-2-4-11(12(7)20)21-13-9(15)5-8(6-10(13)16)14(17,18)19/h2-6H,20H2,1H3. The van der Waals surface area contributed by atoms with Gasteiger partial charge in [-0.25, -0.2) is 8.78 Å². The van der Waals surface area contributed by atoms with E-state index in [1.165, 1.54) is 6.07 Å². The highest BCUT2D eigenvalue weighted by Gasteiger charge is 2.33. The van der Waals surface area contributed by atoms with E-state index in [0.717, 1.165) is 0 Å². The molecule has 0 aliphatic heterocycles. The third kappa shape index (κ3) is 3.07. The summed E-state index contributed by atoms with van der Waals surface area (Å²) < 4.78 is 69.6. The molecule has 112 valence electrons. The molecule has 0 saturated carbocycles. The van der Waals surface area contributed by atoms with Crippen LogP contribution in [0.2, 0.25) is 0 Å². The Hall–Kier alpha value is -2.31. The summed E-state index contributed by atoms with van der Waals surface area (Å²) >= 11 is 0. The van der Waals surface area contributed by atoms with Crippen LogP contribution in [0.5, 0.6) is 11.5 Å². The van der Waals surface area contributed by atoms with Gasteiger partial charge >= 0.3 is 6.18 Å². The number of para-hydroxylation sites is 1. The highest BCUT2D eigenvalue weighted by Crippen LogP contribution is 2.37. The summed E-state index contributed by atoms with van der Waals surface area (Å²) in [5, 5.41) is 0. The monoisotopic (exact) mass is 303 g/mol. The number of benzene rings is 2. The third-order valence-corrected chi connectivity index (χ3v) is 2.82. The van der Waals surface area contributed by atoms with Gasteiger partial charge < -0.3 is 10.5 Å². The van der Waals surface area contributed by atoms with Gasteiger partial charge in [0, 0.05) is 0 Å². The molecule has 0 spiro atoms. The van der Waals surface area contributed by atoms with Crippen molar-refractivity contribution in [3.63, 3.8) is 0 Å². The van der Waals surface area contributed by atoms with E-state index in [1.807, 2.05) is 0 Å². The lowest BCUT2D eigenvalue weighted by Crippen LogP contribution is -2.07. The Morgan fingerprint density at radius 3 is 2.14 bits per heavy atom. The molecule has 0 bridgehead atoms. The second-order valence-electron chi connectivity index (χ2n) is 4.36. The molecule has 2 N–H and O–H groups in total. The molecule has 21 heavy (non-hydrogen) atoms. The van der Waals surface area contributed by atoms with Crippen molar-refractivity contribution in [2.45, 2.75) is 13.1 Å². The van der Waals surface area contributed by atoms with Crippen LogP contribution in [0.25, 0.3) is 0 Å². The zero-order valence-corrected chi connectivity index (χ0v) is 10.8. The second kappa shape index (κ2) is 5.23. The third-order valence-electron chi connectivity index (χ3n) is 2.82. The van der Waals surface area contributed by atoms with Crippen molar-refractivity contribution < 1.29 is 26.7 Å². The van der Waals surface area contributed by atoms with Gasteiger partial charge in [0.25, 0.3) is 0 Å². The van der Waals surface area contributed by atoms with Gasteiger partial charge in [0.05, 0.1) is 11.3 Å². The fourth-order valence-electron chi connectivity index (χ4n) is 1.67. The molecule has 0 radical (unpaired) electrons. The van der Waals surface area contributed by atoms with Crippen LogP contribution in [0, 0.1) is 18.6 Å². The quantitative estimate of drug-likeness (QED) is 0.646. The maximum absolute atomic E-state index is 13.7. The van der Waals surface area contributed by atoms with Crippen LogP contribution in [-0.4, -0.2) is 0 Å². The van der Waals surface area contributed by atoms with Crippen LogP contribution in [-0.2, 0) is 6.18 Å². The number of rotatable bonds is 2. The van der Waals surface area contributed by atoms with Crippen molar-refractivity contribution in [1.29, 1.82) is 0 Å². The van der Waals surface area contributed by atoms with Gasteiger partial charge in [0.15, 0.2) is 23.1 Å². The Morgan fingerprint density at radius 2 is 1.62 bits per heavy atom. The van der Waals surface area contributed by atoms with E-state index < -0.39 is 29.1 Å². The molecule has 2 rings (SSSR count). The first-order valence-corrected chi connectivity index (χ1v) is 5.79. The zero-order chi connectivity index (χ0) is 15.8. The van der Waals surface area contributed by atoms with Crippen molar-refractivity contribution >= 4 is 5.69 Å². The Kier molecular flexibility index (Phi) is 3.76. The average Bonchev–Trinajstić information content (AvgIpc) is 2.37. The highest BCUT2D eigenvalue weighted by molar-refractivity contribution is 5.59. The van der Waals surface area contributed by atoms with Gasteiger partial charge in [-0.3, -0.25) is 0 Å². The highest BCUT2D eigenvalue weighted by atomic mass is 19.4. The maximum atomic E-state index is 13.7. The lowest BCUT2D eigenvalue weighted by molar-refractivity contribution is -0.138. The van der Waals surface area contributed by atoms with E-state index in [1.54, 1.807) is 19.1 Å². The molecule has 0 atom stereocenters. The first-order chi connectivity index (χ1) is 9.70. The predicted octanol–water partition coefficient (Wildman–Crippen LogP) is 4.67. The van der Waals surface area contributed by atoms with Crippen LogP contribution in [0.15, 0.2) is 30.3 Å². The molecular formula is C14H10F5NO. The molecule has 0 unspecified atom stereocenters. The maximum Gasteiger partial charge on any atom is 0.416 e.